The van der Waals surface area contributed by atoms with Crippen molar-refractivity contribution in [2.24, 2.45) is 0 Å². The number of halogens is 2. The molecule has 0 saturated carbocycles. The average molecular weight is 330 g/mol. The molecule has 0 aromatic heterocycles. The number of hydrogen-bond donors (Lipinski definition) is 0. The Labute approximate surface area is 140 Å². The summed E-state index contributed by atoms with van der Waals surface area (Å²) < 4.78 is 26.8. The van der Waals surface area contributed by atoms with Crippen LogP contribution in [0.15, 0.2) is 42.5 Å². The number of benzene rings is 2. The van der Waals surface area contributed by atoms with E-state index >= 15 is 0 Å². The first-order valence-electron chi connectivity index (χ1n) is 8.02. The van der Waals surface area contributed by atoms with Gasteiger partial charge in [0.15, 0.2) is 5.78 Å². The van der Waals surface area contributed by atoms with Gasteiger partial charge in [-0.2, -0.15) is 0 Å². The SMILES string of the molecule is CN1CCN(Cc2cccc(C(=O)c3ccc(F)cc3F)c2)CC1. The van der Waals surface area contributed by atoms with Gasteiger partial charge in [-0.3, -0.25) is 9.69 Å². The lowest BCUT2D eigenvalue weighted by Crippen LogP contribution is -2.43. The van der Waals surface area contributed by atoms with Crippen molar-refractivity contribution in [2.45, 2.75) is 6.54 Å². The van der Waals surface area contributed by atoms with E-state index in [1.807, 2.05) is 6.07 Å². The highest BCUT2D eigenvalue weighted by Gasteiger charge is 2.17. The normalized spacial score (nSPS) is 16.3. The van der Waals surface area contributed by atoms with Gasteiger partial charge >= 0.3 is 0 Å². The monoisotopic (exact) mass is 330 g/mol. The fraction of sp³-hybridized carbons (Fsp3) is 0.316. The van der Waals surface area contributed by atoms with Crippen LogP contribution in [0.1, 0.15) is 21.5 Å². The van der Waals surface area contributed by atoms with Crippen molar-refractivity contribution in [1.82, 2.24) is 9.80 Å². The Balaban J connectivity index is 1.76. The topological polar surface area (TPSA) is 23.6 Å². The number of likely N-dealkylation sites (N-methyl/N-ethyl adjacent to an activating group) is 1. The third-order valence-electron chi connectivity index (χ3n) is 4.37. The lowest BCUT2D eigenvalue weighted by Gasteiger charge is -2.32. The predicted molar refractivity (Wildman–Crippen MR) is 89.0 cm³/mol. The van der Waals surface area contributed by atoms with Gasteiger partial charge in [0.1, 0.15) is 11.6 Å². The average Bonchev–Trinajstić information content (AvgIpc) is 2.57. The van der Waals surface area contributed by atoms with Crippen LogP contribution < -0.4 is 0 Å². The van der Waals surface area contributed by atoms with Gasteiger partial charge in [-0.05, 0) is 30.8 Å². The molecule has 1 saturated heterocycles. The van der Waals surface area contributed by atoms with Crippen LogP contribution >= 0.6 is 0 Å². The van der Waals surface area contributed by atoms with Crippen LogP contribution in [0.4, 0.5) is 8.78 Å². The van der Waals surface area contributed by atoms with Gasteiger partial charge in [-0.25, -0.2) is 8.78 Å². The molecule has 0 bridgehead atoms. The van der Waals surface area contributed by atoms with Gasteiger partial charge in [-0.1, -0.05) is 18.2 Å². The second-order valence-corrected chi connectivity index (χ2v) is 6.23. The van der Waals surface area contributed by atoms with E-state index in [4.69, 9.17) is 0 Å². The zero-order valence-electron chi connectivity index (χ0n) is 13.6. The minimum Gasteiger partial charge on any atom is -0.304 e. The molecule has 0 aliphatic carbocycles. The Morgan fingerprint density at radius 1 is 1.04 bits per heavy atom. The molecule has 0 atom stereocenters. The van der Waals surface area contributed by atoms with E-state index in [-0.39, 0.29) is 5.56 Å². The fourth-order valence-electron chi connectivity index (χ4n) is 2.90. The molecule has 5 heteroatoms. The molecule has 1 fully saturated rings. The lowest BCUT2D eigenvalue weighted by molar-refractivity contribution is 0.103. The Kier molecular flexibility index (Phi) is 5.02. The Bertz CT molecular complexity index is 740. The Morgan fingerprint density at radius 2 is 1.79 bits per heavy atom. The van der Waals surface area contributed by atoms with Crippen molar-refractivity contribution in [3.8, 4) is 0 Å². The van der Waals surface area contributed by atoms with Crippen LogP contribution in [-0.4, -0.2) is 48.8 Å². The molecular formula is C19H20F2N2O. The zero-order valence-corrected chi connectivity index (χ0v) is 13.6. The van der Waals surface area contributed by atoms with Crippen molar-refractivity contribution >= 4 is 5.78 Å². The molecule has 1 heterocycles. The van der Waals surface area contributed by atoms with Crippen molar-refractivity contribution in [3.63, 3.8) is 0 Å². The number of carbonyl (C=O) groups is 1. The summed E-state index contributed by atoms with van der Waals surface area (Å²) in [4.78, 5) is 17.1. The molecule has 0 radical (unpaired) electrons. The van der Waals surface area contributed by atoms with E-state index in [1.54, 1.807) is 18.2 Å². The maximum atomic E-state index is 13.8. The van der Waals surface area contributed by atoms with E-state index in [0.717, 1.165) is 50.4 Å². The summed E-state index contributed by atoms with van der Waals surface area (Å²) in [6.45, 7) is 4.79. The fourth-order valence-corrected chi connectivity index (χ4v) is 2.90. The van der Waals surface area contributed by atoms with Crippen molar-refractivity contribution < 1.29 is 13.6 Å². The molecule has 2 aromatic carbocycles. The Morgan fingerprint density at radius 3 is 2.50 bits per heavy atom. The highest BCUT2D eigenvalue weighted by molar-refractivity contribution is 6.09. The summed E-state index contributed by atoms with van der Waals surface area (Å²) in [6, 6.07) is 10.3. The van der Waals surface area contributed by atoms with Crippen LogP contribution in [0.3, 0.4) is 0 Å². The summed E-state index contributed by atoms with van der Waals surface area (Å²) >= 11 is 0. The molecule has 3 nitrogen and oxygen atoms in total. The van der Waals surface area contributed by atoms with E-state index in [0.29, 0.717) is 5.56 Å². The molecule has 0 N–H and O–H groups in total. The van der Waals surface area contributed by atoms with Gasteiger partial charge in [0.2, 0.25) is 0 Å². The number of carbonyl (C=O) groups excluding carboxylic acids is 1. The first-order chi connectivity index (χ1) is 11.5. The maximum Gasteiger partial charge on any atom is 0.195 e. The van der Waals surface area contributed by atoms with Gasteiger partial charge in [-0.15, -0.1) is 0 Å². The highest BCUT2D eigenvalue weighted by atomic mass is 19.1. The summed E-state index contributed by atoms with van der Waals surface area (Å²) in [7, 11) is 2.11. The summed E-state index contributed by atoms with van der Waals surface area (Å²) in [5, 5.41) is 0. The summed E-state index contributed by atoms with van der Waals surface area (Å²) in [6.07, 6.45) is 0. The van der Waals surface area contributed by atoms with E-state index in [1.165, 1.54) is 6.07 Å². The van der Waals surface area contributed by atoms with Gasteiger partial charge < -0.3 is 4.90 Å². The molecule has 1 aliphatic heterocycles. The lowest BCUT2D eigenvalue weighted by atomic mass is 10.0. The standard InChI is InChI=1S/C19H20F2N2O/c1-22-7-9-23(10-8-22)13-14-3-2-4-15(11-14)19(24)17-6-5-16(20)12-18(17)21/h2-6,11-12H,7-10,13H2,1H3. The van der Waals surface area contributed by atoms with E-state index in [9.17, 15) is 13.6 Å². The smallest absolute Gasteiger partial charge is 0.195 e. The minimum atomic E-state index is -0.829. The second kappa shape index (κ2) is 7.20. The van der Waals surface area contributed by atoms with Crippen LogP contribution in [0, 0.1) is 11.6 Å². The molecule has 0 unspecified atom stereocenters. The van der Waals surface area contributed by atoms with Crippen LogP contribution in [0.25, 0.3) is 0 Å². The first kappa shape index (κ1) is 16.7. The predicted octanol–water partition coefficient (Wildman–Crippen LogP) is 2.94. The maximum absolute atomic E-state index is 13.8. The highest BCUT2D eigenvalue weighted by Crippen LogP contribution is 2.17. The molecule has 1 aliphatic rings. The minimum absolute atomic E-state index is 0.104. The largest absolute Gasteiger partial charge is 0.304 e. The zero-order chi connectivity index (χ0) is 17.1. The van der Waals surface area contributed by atoms with Crippen molar-refractivity contribution in [1.29, 1.82) is 0 Å². The molecule has 2 aromatic rings. The third kappa shape index (κ3) is 3.86. The number of ketones is 1. The second-order valence-electron chi connectivity index (χ2n) is 6.23. The number of hydrogen-bond acceptors (Lipinski definition) is 3. The number of nitrogens with zero attached hydrogens (tertiary/aromatic N) is 2. The van der Waals surface area contributed by atoms with E-state index in [2.05, 4.69) is 16.8 Å². The molecule has 24 heavy (non-hydrogen) atoms. The van der Waals surface area contributed by atoms with Crippen LogP contribution in [-0.2, 0) is 6.54 Å². The summed E-state index contributed by atoms with van der Waals surface area (Å²) in [5.74, 6) is -1.94. The van der Waals surface area contributed by atoms with Gasteiger partial charge in [0, 0.05) is 44.4 Å². The van der Waals surface area contributed by atoms with Crippen molar-refractivity contribution in [2.75, 3.05) is 33.2 Å². The third-order valence-corrected chi connectivity index (χ3v) is 4.37. The molecule has 126 valence electrons. The molecular weight excluding hydrogens is 310 g/mol. The quantitative estimate of drug-likeness (QED) is 0.806. The van der Waals surface area contributed by atoms with E-state index < -0.39 is 17.4 Å². The number of piperazine rings is 1. The molecule has 0 spiro atoms. The van der Waals surface area contributed by atoms with Crippen LogP contribution in [0.5, 0.6) is 0 Å². The summed E-state index contributed by atoms with van der Waals surface area (Å²) in [5.41, 5.74) is 1.34. The molecule has 3 rings (SSSR count). The number of rotatable bonds is 4. The first-order valence-corrected chi connectivity index (χ1v) is 8.02. The van der Waals surface area contributed by atoms with Gasteiger partial charge in [0.05, 0.1) is 5.56 Å². The van der Waals surface area contributed by atoms with Crippen molar-refractivity contribution in [3.05, 3.63) is 70.8 Å². The molecule has 0 amide bonds. The van der Waals surface area contributed by atoms with Gasteiger partial charge in [0.25, 0.3) is 0 Å². The van der Waals surface area contributed by atoms with Crippen LogP contribution in [0.2, 0.25) is 0 Å². The Hall–Kier alpha value is -2.11.